The summed E-state index contributed by atoms with van der Waals surface area (Å²) in [4.78, 5) is 21.6. The van der Waals surface area contributed by atoms with E-state index in [4.69, 9.17) is 16.3 Å². The van der Waals surface area contributed by atoms with Crippen molar-refractivity contribution >= 4 is 39.4 Å². The number of aromatic nitrogens is 2. The molecule has 1 heterocycles. The van der Waals surface area contributed by atoms with Gasteiger partial charge in [0.05, 0.1) is 4.47 Å². The van der Waals surface area contributed by atoms with Crippen LogP contribution in [-0.4, -0.2) is 46.2 Å². The summed E-state index contributed by atoms with van der Waals surface area (Å²) in [5, 5.41) is 3.42. The van der Waals surface area contributed by atoms with Gasteiger partial charge in [0.15, 0.2) is 0 Å². The number of carbonyl (C=O) groups is 1. The van der Waals surface area contributed by atoms with Crippen molar-refractivity contribution in [2.45, 2.75) is 45.8 Å². The molecule has 1 unspecified atom stereocenters. The largest absolute Gasteiger partial charge is 0.444 e. The molecule has 124 valence electrons. The van der Waals surface area contributed by atoms with Gasteiger partial charge in [-0.3, -0.25) is 0 Å². The lowest BCUT2D eigenvalue weighted by molar-refractivity contribution is 0.0292. The summed E-state index contributed by atoms with van der Waals surface area (Å²) < 4.78 is 6.06. The van der Waals surface area contributed by atoms with Crippen molar-refractivity contribution < 1.29 is 9.53 Å². The zero-order chi connectivity index (χ0) is 16.9. The maximum absolute atomic E-state index is 12.0. The van der Waals surface area contributed by atoms with Crippen LogP contribution in [0.5, 0.6) is 0 Å². The molecule has 1 aromatic heterocycles. The number of hydrogen-bond acceptors (Lipinski definition) is 5. The molecule has 1 amide bonds. The number of ether oxygens (including phenoxy) is 1. The van der Waals surface area contributed by atoms with Gasteiger partial charge in [0.2, 0.25) is 5.28 Å². The van der Waals surface area contributed by atoms with Gasteiger partial charge in [-0.05, 0) is 54.7 Å². The molecule has 0 saturated carbocycles. The highest BCUT2D eigenvalue weighted by Gasteiger charge is 2.22. The Kier molecular flexibility index (Phi) is 6.87. The zero-order valence-corrected chi connectivity index (χ0v) is 15.8. The van der Waals surface area contributed by atoms with Crippen LogP contribution < -0.4 is 5.32 Å². The van der Waals surface area contributed by atoms with Gasteiger partial charge in [-0.2, -0.15) is 4.98 Å². The number of likely N-dealkylation sites (N-methyl/N-ethyl adjacent to an activating group) is 1. The highest BCUT2D eigenvalue weighted by molar-refractivity contribution is 9.10. The molecule has 0 aliphatic heterocycles. The molecule has 1 N–H and O–H groups in total. The van der Waals surface area contributed by atoms with E-state index in [0.717, 1.165) is 10.9 Å². The molecular weight excluding hydrogens is 372 g/mol. The minimum absolute atomic E-state index is 0.0137. The second-order valence-electron chi connectivity index (χ2n) is 5.95. The number of nitrogens with one attached hydrogen (secondary N) is 1. The number of carbonyl (C=O) groups excluding carboxylic acids is 1. The third-order valence-electron chi connectivity index (χ3n) is 2.75. The van der Waals surface area contributed by atoms with E-state index in [1.165, 1.54) is 0 Å². The highest BCUT2D eigenvalue weighted by atomic mass is 79.9. The van der Waals surface area contributed by atoms with Crippen LogP contribution in [0.4, 0.5) is 10.6 Å². The standard InChI is InChI=1S/C14H22BrClN4O2/c1-6-9(8-20(5)13(21)22-14(2,3)4)18-11-10(15)7-17-12(16)19-11/h7,9H,6,8H2,1-5H3,(H,17,18,19). The number of halogens is 2. The molecule has 8 heteroatoms. The monoisotopic (exact) mass is 392 g/mol. The Bertz CT molecular complexity index is 522. The first-order valence-corrected chi connectivity index (χ1v) is 8.18. The van der Waals surface area contributed by atoms with Crippen molar-refractivity contribution in [2.75, 3.05) is 18.9 Å². The number of nitrogens with zero attached hydrogens (tertiary/aromatic N) is 3. The third-order valence-corrected chi connectivity index (χ3v) is 3.51. The van der Waals surface area contributed by atoms with E-state index >= 15 is 0 Å². The van der Waals surface area contributed by atoms with E-state index in [1.54, 1.807) is 18.1 Å². The second kappa shape index (κ2) is 7.97. The molecule has 0 bridgehead atoms. The molecule has 1 rings (SSSR count). The summed E-state index contributed by atoms with van der Waals surface area (Å²) in [6, 6.07) is 0.0137. The second-order valence-corrected chi connectivity index (χ2v) is 7.14. The van der Waals surface area contributed by atoms with Crippen LogP contribution >= 0.6 is 27.5 Å². The van der Waals surface area contributed by atoms with Gasteiger partial charge < -0.3 is 15.0 Å². The van der Waals surface area contributed by atoms with E-state index in [9.17, 15) is 4.79 Å². The molecule has 0 aromatic carbocycles. The predicted octanol–water partition coefficient (Wildman–Crippen LogP) is 3.95. The fourth-order valence-electron chi connectivity index (χ4n) is 1.66. The maximum Gasteiger partial charge on any atom is 0.410 e. The van der Waals surface area contributed by atoms with Gasteiger partial charge in [-0.15, -0.1) is 0 Å². The van der Waals surface area contributed by atoms with E-state index in [-0.39, 0.29) is 17.4 Å². The van der Waals surface area contributed by atoms with E-state index in [0.29, 0.717) is 12.4 Å². The number of hydrogen-bond donors (Lipinski definition) is 1. The molecule has 1 atom stereocenters. The van der Waals surface area contributed by atoms with Gasteiger partial charge in [0, 0.05) is 25.8 Å². The molecule has 22 heavy (non-hydrogen) atoms. The fourth-order valence-corrected chi connectivity index (χ4v) is 2.10. The topological polar surface area (TPSA) is 67.3 Å². The zero-order valence-electron chi connectivity index (χ0n) is 13.5. The summed E-state index contributed by atoms with van der Waals surface area (Å²) in [6.45, 7) is 8.04. The Morgan fingerprint density at radius 1 is 1.55 bits per heavy atom. The Morgan fingerprint density at radius 2 is 2.18 bits per heavy atom. The van der Waals surface area contributed by atoms with Gasteiger partial charge in [0.25, 0.3) is 0 Å². The third kappa shape index (κ3) is 6.36. The van der Waals surface area contributed by atoms with Crippen LogP contribution in [0.2, 0.25) is 5.28 Å². The quantitative estimate of drug-likeness (QED) is 0.767. The highest BCUT2D eigenvalue weighted by Crippen LogP contribution is 2.21. The van der Waals surface area contributed by atoms with Crippen LogP contribution in [0.15, 0.2) is 10.7 Å². The molecule has 0 aliphatic rings. The lowest BCUT2D eigenvalue weighted by atomic mass is 10.2. The summed E-state index contributed by atoms with van der Waals surface area (Å²) in [5.41, 5.74) is -0.510. The van der Waals surface area contributed by atoms with Crippen molar-refractivity contribution in [3.63, 3.8) is 0 Å². The molecule has 0 radical (unpaired) electrons. The molecule has 6 nitrogen and oxygen atoms in total. The van der Waals surface area contributed by atoms with Crippen molar-refractivity contribution in [1.29, 1.82) is 0 Å². The fraction of sp³-hybridized carbons (Fsp3) is 0.643. The minimum Gasteiger partial charge on any atom is -0.444 e. The maximum atomic E-state index is 12.0. The van der Waals surface area contributed by atoms with Gasteiger partial charge >= 0.3 is 6.09 Å². The molecule has 0 saturated heterocycles. The minimum atomic E-state index is -0.510. The first-order chi connectivity index (χ1) is 10.1. The number of anilines is 1. The molecular formula is C14H22BrClN4O2. The normalized spacial score (nSPS) is 12.7. The molecule has 0 fully saturated rings. The van der Waals surface area contributed by atoms with Crippen molar-refractivity contribution in [1.82, 2.24) is 14.9 Å². The Hall–Kier alpha value is -1.08. The summed E-state index contributed by atoms with van der Waals surface area (Å²) >= 11 is 9.18. The Morgan fingerprint density at radius 3 is 2.73 bits per heavy atom. The lowest BCUT2D eigenvalue weighted by Crippen LogP contribution is -2.40. The van der Waals surface area contributed by atoms with Gasteiger partial charge in [-0.1, -0.05) is 6.92 Å². The van der Waals surface area contributed by atoms with Crippen LogP contribution in [0.1, 0.15) is 34.1 Å². The van der Waals surface area contributed by atoms with Crippen LogP contribution in [0, 0.1) is 0 Å². The molecule has 0 spiro atoms. The van der Waals surface area contributed by atoms with Gasteiger partial charge in [0.1, 0.15) is 11.4 Å². The molecule has 1 aromatic rings. The average molecular weight is 394 g/mol. The number of rotatable bonds is 5. The van der Waals surface area contributed by atoms with Crippen LogP contribution in [-0.2, 0) is 4.74 Å². The molecule has 0 aliphatic carbocycles. The average Bonchev–Trinajstić information content (AvgIpc) is 2.39. The first-order valence-electron chi connectivity index (χ1n) is 7.01. The Labute approximate surface area is 144 Å². The summed E-state index contributed by atoms with van der Waals surface area (Å²) in [5.74, 6) is 0.601. The van der Waals surface area contributed by atoms with Crippen LogP contribution in [0.25, 0.3) is 0 Å². The van der Waals surface area contributed by atoms with Crippen LogP contribution in [0.3, 0.4) is 0 Å². The predicted molar refractivity (Wildman–Crippen MR) is 91.3 cm³/mol. The van der Waals surface area contributed by atoms with Gasteiger partial charge in [-0.25, -0.2) is 9.78 Å². The SMILES string of the molecule is CCC(CN(C)C(=O)OC(C)(C)C)Nc1nc(Cl)ncc1Br. The lowest BCUT2D eigenvalue weighted by Gasteiger charge is -2.28. The van der Waals surface area contributed by atoms with E-state index in [2.05, 4.69) is 31.2 Å². The smallest absolute Gasteiger partial charge is 0.410 e. The summed E-state index contributed by atoms with van der Waals surface area (Å²) in [6.07, 6.45) is 2.04. The van der Waals surface area contributed by atoms with Crippen molar-refractivity contribution in [3.8, 4) is 0 Å². The van der Waals surface area contributed by atoms with Crippen molar-refractivity contribution in [2.24, 2.45) is 0 Å². The first kappa shape index (κ1) is 19.0. The van der Waals surface area contributed by atoms with E-state index < -0.39 is 5.60 Å². The summed E-state index contributed by atoms with van der Waals surface area (Å²) in [7, 11) is 1.71. The number of amides is 1. The Balaban J connectivity index is 2.68. The van der Waals surface area contributed by atoms with Crippen molar-refractivity contribution in [3.05, 3.63) is 16.0 Å². The van der Waals surface area contributed by atoms with E-state index in [1.807, 2.05) is 27.7 Å².